The molecule has 0 aliphatic heterocycles. The van der Waals surface area contributed by atoms with Crippen LogP contribution in [0.5, 0.6) is 0 Å². The topological polar surface area (TPSA) is 56.0 Å². The summed E-state index contributed by atoms with van der Waals surface area (Å²) in [7, 11) is 0. The van der Waals surface area contributed by atoms with Gasteiger partial charge in [0.2, 0.25) is 5.89 Å². The minimum atomic E-state index is -0.425. The van der Waals surface area contributed by atoms with Crippen molar-refractivity contribution in [3.8, 4) is 0 Å². The molecule has 19 heavy (non-hydrogen) atoms. The highest BCUT2D eigenvalue weighted by molar-refractivity contribution is 6.00. The van der Waals surface area contributed by atoms with Gasteiger partial charge in [0, 0.05) is 11.0 Å². The highest BCUT2D eigenvalue weighted by Gasteiger charge is 2.26. The molecule has 1 unspecified atom stereocenters. The Balaban J connectivity index is 2.23. The largest absolute Gasteiger partial charge is 0.339 e. The third kappa shape index (κ3) is 2.89. The Morgan fingerprint density at radius 3 is 2.37 bits per heavy atom. The van der Waals surface area contributed by atoms with Crippen molar-refractivity contribution in [2.75, 3.05) is 0 Å². The van der Waals surface area contributed by atoms with Crippen LogP contribution >= 0.6 is 0 Å². The van der Waals surface area contributed by atoms with E-state index in [-0.39, 0.29) is 11.2 Å². The summed E-state index contributed by atoms with van der Waals surface area (Å²) in [5.41, 5.74) is 0.475. The molecule has 1 aromatic carbocycles. The number of ketones is 1. The molecular formula is C15H18N2O2. The lowest BCUT2D eigenvalue weighted by atomic mass is 9.96. The van der Waals surface area contributed by atoms with Crippen molar-refractivity contribution in [1.82, 2.24) is 10.1 Å². The van der Waals surface area contributed by atoms with E-state index in [4.69, 9.17) is 4.52 Å². The number of hydrogen-bond donors (Lipinski definition) is 0. The molecule has 0 aliphatic rings. The molecule has 1 heterocycles. The predicted molar refractivity (Wildman–Crippen MR) is 72.2 cm³/mol. The fraction of sp³-hybridized carbons (Fsp3) is 0.400. The number of aromatic nitrogens is 2. The van der Waals surface area contributed by atoms with Gasteiger partial charge in [-0.15, -0.1) is 0 Å². The Hall–Kier alpha value is -1.97. The van der Waals surface area contributed by atoms with Gasteiger partial charge < -0.3 is 4.52 Å². The van der Waals surface area contributed by atoms with Gasteiger partial charge in [0.15, 0.2) is 11.6 Å². The van der Waals surface area contributed by atoms with Crippen LogP contribution in [0.15, 0.2) is 34.9 Å². The summed E-state index contributed by atoms with van der Waals surface area (Å²) in [6, 6.07) is 9.15. The quantitative estimate of drug-likeness (QED) is 0.792. The van der Waals surface area contributed by atoms with Crippen molar-refractivity contribution in [3.05, 3.63) is 47.6 Å². The first kappa shape index (κ1) is 13.5. The van der Waals surface area contributed by atoms with Crippen LogP contribution in [0, 0.1) is 0 Å². The van der Waals surface area contributed by atoms with Gasteiger partial charge in [-0.05, 0) is 6.92 Å². The second-order valence-electron chi connectivity index (χ2n) is 5.66. The van der Waals surface area contributed by atoms with Crippen LogP contribution in [0.4, 0.5) is 0 Å². The molecule has 0 spiro atoms. The SMILES string of the molecule is CC(C(=O)c1ccccc1)c1nc(C(C)(C)C)no1. The van der Waals surface area contributed by atoms with E-state index in [1.54, 1.807) is 19.1 Å². The van der Waals surface area contributed by atoms with Gasteiger partial charge in [0.25, 0.3) is 0 Å². The molecule has 0 saturated heterocycles. The number of rotatable bonds is 3. The predicted octanol–water partition coefficient (Wildman–Crippen LogP) is 3.35. The number of Topliss-reactive ketones (excluding diaryl/α,β-unsaturated/α-hetero) is 1. The van der Waals surface area contributed by atoms with E-state index in [1.165, 1.54) is 0 Å². The molecule has 1 atom stereocenters. The third-order valence-electron chi connectivity index (χ3n) is 2.93. The molecule has 2 aromatic rings. The maximum Gasteiger partial charge on any atom is 0.237 e. The first-order valence-electron chi connectivity index (χ1n) is 6.33. The molecule has 0 saturated carbocycles. The highest BCUT2D eigenvalue weighted by atomic mass is 16.5. The van der Waals surface area contributed by atoms with Crippen molar-refractivity contribution >= 4 is 5.78 Å². The summed E-state index contributed by atoms with van der Waals surface area (Å²) >= 11 is 0. The van der Waals surface area contributed by atoms with Gasteiger partial charge in [-0.3, -0.25) is 4.79 Å². The van der Waals surface area contributed by atoms with Crippen LogP contribution in [0.2, 0.25) is 0 Å². The fourth-order valence-electron chi connectivity index (χ4n) is 1.68. The van der Waals surface area contributed by atoms with Crippen LogP contribution < -0.4 is 0 Å². The molecule has 0 amide bonds. The Morgan fingerprint density at radius 2 is 1.84 bits per heavy atom. The maximum atomic E-state index is 12.3. The number of nitrogens with zero attached hydrogens (tertiary/aromatic N) is 2. The molecule has 1 aromatic heterocycles. The number of hydrogen-bond acceptors (Lipinski definition) is 4. The van der Waals surface area contributed by atoms with Gasteiger partial charge in [0.05, 0.1) is 5.92 Å². The average Bonchev–Trinajstić information content (AvgIpc) is 2.87. The zero-order valence-electron chi connectivity index (χ0n) is 11.7. The Morgan fingerprint density at radius 1 is 1.21 bits per heavy atom. The average molecular weight is 258 g/mol. The smallest absolute Gasteiger partial charge is 0.237 e. The van der Waals surface area contributed by atoms with E-state index in [2.05, 4.69) is 10.1 Å². The summed E-state index contributed by atoms with van der Waals surface area (Å²) in [6.45, 7) is 7.80. The van der Waals surface area contributed by atoms with E-state index in [0.717, 1.165) is 0 Å². The summed E-state index contributed by atoms with van der Waals surface area (Å²) in [5.74, 6) is 0.560. The molecule has 0 fully saturated rings. The Bertz CT molecular complexity index is 567. The molecule has 0 N–H and O–H groups in total. The van der Waals surface area contributed by atoms with Crippen LogP contribution in [0.3, 0.4) is 0 Å². The van der Waals surface area contributed by atoms with Crippen molar-refractivity contribution in [3.63, 3.8) is 0 Å². The molecule has 4 heteroatoms. The normalized spacial score (nSPS) is 13.3. The summed E-state index contributed by atoms with van der Waals surface area (Å²) in [5, 5.41) is 3.95. The lowest BCUT2D eigenvalue weighted by Gasteiger charge is -2.11. The van der Waals surface area contributed by atoms with Crippen LogP contribution in [-0.4, -0.2) is 15.9 Å². The molecular weight excluding hydrogens is 240 g/mol. The van der Waals surface area contributed by atoms with E-state index >= 15 is 0 Å². The maximum absolute atomic E-state index is 12.3. The van der Waals surface area contributed by atoms with Crippen LogP contribution in [0.25, 0.3) is 0 Å². The summed E-state index contributed by atoms with van der Waals surface area (Å²) in [6.07, 6.45) is 0. The van der Waals surface area contributed by atoms with Gasteiger partial charge in [-0.2, -0.15) is 4.98 Å². The van der Waals surface area contributed by atoms with Crippen molar-refractivity contribution in [2.24, 2.45) is 0 Å². The molecule has 2 rings (SSSR count). The summed E-state index contributed by atoms with van der Waals surface area (Å²) < 4.78 is 5.21. The summed E-state index contributed by atoms with van der Waals surface area (Å²) in [4.78, 5) is 16.6. The van der Waals surface area contributed by atoms with Crippen LogP contribution in [-0.2, 0) is 5.41 Å². The standard InChI is InChI=1S/C15H18N2O2/c1-10(12(18)11-8-6-5-7-9-11)13-16-14(17-19-13)15(2,3)4/h5-10H,1-4H3. The molecule has 0 bridgehead atoms. The second-order valence-corrected chi connectivity index (χ2v) is 5.66. The van der Waals surface area contributed by atoms with E-state index in [1.807, 2.05) is 39.0 Å². The zero-order valence-corrected chi connectivity index (χ0v) is 11.7. The van der Waals surface area contributed by atoms with Crippen molar-refractivity contribution < 1.29 is 9.32 Å². The monoisotopic (exact) mass is 258 g/mol. The van der Waals surface area contributed by atoms with Crippen molar-refractivity contribution in [2.45, 2.75) is 39.0 Å². The number of carbonyl (C=O) groups excluding carboxylic acids is 1. The van der Waals surface area contributed by atoms with E-state index in [0.29, 0.717) is 17.3 Å². The lowest BCUT2D eigenvalue weighted by molar-refractivity contribution is 0.0951. The van der Waals surface area contributed by atoms with E-state index < -0.39 is 5.92 Å². The van der Waals surface area contributed by atoms with Gasteiger partial charge in [0.1, 0.15) is 0 Å². The molecule has 100 valence electrons. The fourth-order valence-corrected chi connectivity index (χ4v) is 1.68. The lowest BCUT2D eigenvalue weighted by Crippen LogP contribution is -2.14. The Kier molecular flexibility index (Phi) is 3.51. The van der Waals surface area contributed by atoms with Gasteiger partial charge >= 0.3 is 0 Å². The molecule has 4 nitrogen and oxygen atoms in total. The van der Waals surface area contributed by atoms with E-state index in [9.17, 15) is 4.79 Å². The highest BCUT2D eigenvalue weighted by Crippen LogP contribution is 2.23. The number of carbonyl (C=O) groups is 1. The minimum Gasteiger partial charge on any atom is -0.339 e. The first-order chi connectivity index (χ1) is 8.89. The van der Waals surface area contributed by atoms with Gasteiger partial charge in [-0.1, -0.05) is 56.3 Å². The minimum absolute atomic E-state index is 0.00953. The molecule has 0 aliphatic carbocycles. The molecule has 0 radical (unpaired) electrons. The first-order valence-corrected chi connectivity index (χ1v) is 6.33. The third-order valence-corrected chi connectivity index (χ3v) is 2.93. The Labute approximate surface area is 112 Å². The van der Waals surface area contributed by atoms with Gasteiger partial charge in [-0.25, -0.2) is 0 Å². The van der Waals surface area contributed by atoms with Crippen molar-refractivity contribution in [1.29, 1.82) is 0 Å². The zero-order chi connectivity index (χ0) is 14.0. The number of benzene rings is 1. The van der Waals surface area contributed by atoms with Crippen LogP contribution in [0.1, 0.15) is 55.7 Å². The second kappa shape index (κ2) is 4.96.